The summed E-state index contributed by atoms with van der Waals surface area (Å²) in [5.41, 5.74) is 0.615. The van der Waals surface area contributed by atoms with Crippen molar-refractivity contribution in [1.29, 1.82) is 0 Å². The Morgan fingerprint density at radius 3 is 1.89 bits per heavy atom. The highest BCUT2D eigenvalue weighted by Gasteiger charge is 2.35. The van der Waals surface area contributed by atoms with Crippen LogP contribution in [0.2, 0.25) is 0 Å². The van der Waals surface area contributed by atoms with E-state index in [4.69, 9.17) is 0 Å². The van der Waals surface area contributed by atoms with E-state index in [2.05, 4.69) is 11.7 Å². The summed E-state index contributed by atoms with van der Waals surface area (Å²) in [5, 5.41) is 0. The predicted molar refractivity (Wildman–Crippen MR) is 133 cm³/mol. The summed E-state index contributed by atoms with van der Waals surface area (Å²) in [6.07, 6.45) is 9.72. The van der Waals surface area contributed by atoms with Gasteiger partial charge < -0.3 is 4.74 Å². The zero-order valence-electron chi connectivity index (χ0n) is 21.4. The van der Waals surface area contributed by atoms with Gasteiger partial charge in [-0.15, -0.1) is 13.2 Å². The van der Waals surface area contributed by atoms with E-state index in [9.17, 15) is 26.3 Å². The van der Waals surface area contributed by atoms with Gasteiger partial charge in [-0.1, -0.05) is 57.6 Å². The first kappa shape index (κ1) is 27.8. The zero-order chi connectivity index (χ0) is 26.6. The SMILES string of the molecule is CCCCCC1CCC(C2CCC(c3ccc(-c4cc(F)c(OC(F)(F)F)c(F)c4)c(F)c3)CC2)CC1. The molecule has 2 saturated carbocycles. The second-order valence-electron chi connectivity index (χ2n) is 10.9. The van der Waals surface area contributed by atoms with Gasteiger partial charge in [0, 0.05) is 5.56 Å². The van der Waals surface area contributed by atoms with Crippen LogP contribution in [0, 0.1) is 35.2 Å². The van der Waals surface area contributed by atoms with E-state index in [0.29, 0.717) is 12.1 Å². The summed E-state index contributed by atoms with van der Waals surface area (Å²) < 4.78 is 83.8. The van der Waals surface area contributed by atoms with E-state index >= 15 is 0 Å². The Kier molecular flexibility index (Phi) is 9.12. The molecule has 0 atom stereocenters. The molecule has 0 spiro atoms. The Hall–Kier alpha value is -2.18. The van der Waals surface area contributed by atoms with Crippen molar-refractivity contribution in [2.45, 2.75) is 96.3 Å². The first-order valence-electron chi connectivity index (χ1n) is 13.7. The van der Waals surface area contributed by atoms with Gasteiger partial charge in [0.05, 0.1) is 0 Å². The smallest absolute Gasteiger partial charge is 0.399 e. The molecule has 4 rings (SSSR count). The molecule has 0 saturated heterocycles. The number of hydrogen-bond donors (Lipinski definition) is 0. The largest absolute Gasteiger partial charge is 0.573 e. The zero-order valence-corrected chi connectivity index (χ0v) is 21.4. The number of halogens is 6. The molecule has 0 bridgehead atoms. The van der Waals surface area contributed by atoms with Gasteiger partial charge in [-0.3, -0.25) is 0 Å². The van der Waals surface area contributed by atoms with Gasteiger partial charge in [-0.2, -0.15) is 0 Å². The molecule has 0 heterocycles. The molecule has 2 aliphatic carbocycles. The highest BCUT2D eigenvalue weighted by Crippen LogP contribution is 2.45. The third kappa shape index (κ3) is 7.23. The van der Waals surface area contributed by atoms with E-state index in [1.54, 1.807) is 6.07 Å². The molecule has 0 amide bonds. The quantitative estimate of drug-likeness (QED) is 0.246. The normalized spacial score (nSPS) is 24.7. The summed E-state index contributed by atoms with van der Waals surface area (Å²) in [6.45, 7) is 2.25. The molecule has 2 aliphatic rings. The molecular weight excluding hydrogens is 490 g/mol. The van der Waals surface area contributed by atoms with Crippen molar-refractivity contribution in [3.63, 3.8) is 0 Å². The molecule has 2 aromatic rings. The summed E-state index contributed by atoms with van der Waals surface area (Å²) in [6, 6.07) is 5.94. The van der Waals surface area contributed by atoms with Crippen LogP contribution in [0.4, 0.5) is 26.3 Å². The number of alkyl halides is 3. The summed E-state index contributed by atoms with van der Waals surface area (Å²) in [7, 11) is 0. The summed E-state index contributed by atoms with van der Waals surface area (Å²) >= 11 is 0. The Labute approximate surface area is 215 Å². The molecule has 37 heavy (non-hydrogen) atoms. The van der Waals surface area contributed by atoms with Crippen molar-refractivity contribution in [1.82, 2.24) is 0 Å². The maximum Gasteiger partial charge on any atom is 0.573 e. The van der Waals surface area contributed by atoms with E-state index in [1.807, 2.05) is 0 Å². The average molecular weight is 527 g/mol. The van der Waals surface area contributed by atoms with Gasteiger partial charge in [0.1, 0.15) is 5.82 Å². The van der Waals surface area contributed by atoms with E-state index in [0.717, 1.165) is 49.0 Å². The topological polar surface area (TPSA) is 9.23 Å². The lowest BCUT2D eigenvalue weighted by Gasteiger charge is -2.38. The molecule has 0 aliphatic heterocycles. The second kappa shape index (κ2) is 12.1. The van der Waals surface area contributed by atoms with Crippen LogP contribution < -0.4 is 4.74 Å². The fraction of sp³-hybridized carbons (Fsp3) is 0.600. The Morgan fingerprint density at radius 1 is 0.757 bits per heavy atom. The highest BCUT2D eigenvalue weighted by atomic mass is 19.4. The minimum absolute atomic E-state index is 0.0653. The standard InChI is InChI=1S/C30H36F6O/c1-2-3-4-5-19-6-8-20(9-7-19)21-10-12-22(13-11-21)23-14-15-25(26(31)16-23)24-17-27(32)29(28(33)18-24)37-30(34,35)36/h14-22H,2-13H2,1H3. The van der Waals surface area contributed by atoms with Crippen molar-refractivity contribution in [3.05, 3.63) is 53.3 Å². The van der Waals surface area contributed by atoms with Crippen LogP contribution in [-0.2, 0) is 0 Å². The Balaban J connectivity index is 1.34. The van der Waals surface area contributed by atoms with E-state index in [1.165, 1.54) is 63.5 Å². The van der Waals surface area contributed by atoms with E-state index in [-0.39, 0.29) is 17.0 Å². The van der Waals surface area contributed by atoms with Crippen molar-refractivity contribution in [2.24, 2.45) is 17.8 Å². The van der Waals surface area contributed by atoms with Crippen LogP contribution in [0.15, 0.2) is 30.3 Å². The van der Waals surface area contributed by atoms with Crippen molar-refractivity contribution in [3.8, 4) is 16.9 Å². The van der Waals surface area contributed by atoms with Crippen LogP contribution in [-0.4, -0.2) is 6.36 Å². The van der Waals surface area contributed by atoms with Gasteiger partial charge in [-0.05, 0) is 91.5 Å². The number of hydrogen-bond acceptors (Lipinski definition) is 1. The number of rotatable bonds is 8. The predicted octanol–water partition coefficient (Wildman–Crippen LogP) is 10.3. The third-order valence-electron chi connectivity index (χ3n) is 8.54. The molecule has 2 fully saturated rings. The Bertz CT molecular complexity index is 1010. The van der Waals surface area contributed by atoms with Gasteiger partial charge in [-0.25, -0.2) is 13.2 Å². The van der Waals surface area contributed by atoms with Gasteiger partial charge in [0.2, 0.25) is 5.75 Å². The molecular formula is C30H36F6O. The molecule has 0 N–H and O–H groups in total. The Morgan fingerprint density at radius 2 is 1.35 bits per heavy atom. The summed E-state index contributed by atoms with van der Waals surface area (Å²) in [5.74, 6) is -2.60. The van der Waals surface area contributed by atoms with Crippen LogP contribution >= 0.6 is 0 Å². The number of ether oxygens (including phenoxy) is 1. The number of unbranched alkanes of at least 4 members (excludes halogenated alkanes) is 2. The molecule has 204 valence electrons. The molecule has 0 unspecified atom stereocenters. The second-order valence-corrected chi connectivity index (χ2v) is 10.9. The van der Waals surface area contributed by atoms with Crippen molar-refractivity contribution < 1.29 is 31.1 Å². The van der Waals surface area contributed by atoms with Crippen LogP contribution in [0.1, 0.15) is 95.5 Å². The fourth-order valence-corrected chi connectivity index (χ4v) is 6.50. The maximum absolute atomic E-state index is 15.0. The molecule has 0 aromatic heterocycles. The van der Waals surface area contributed by atoms with Crippen molar-refractivity contribution in [2.75, 3.05) is 0 Å². The molecule has 2 aromatic carbocycles. The monoisotopic (exact) mass is 526 g/mol. The molecule has 0 radical (unpaired) electrons. The van der Waals surface area contributed by atoms with Crippen LogP contribution in [0.25, 0.3) is 11.1 Å². The van der Waals surface area contributed by atoms with Gasteiger partial charge >= 0.3 is 6.36 Å². The average Bonchev–Trinajstić information content (AvgIpc) is 2.86. The lowest BCUT2D eigenvalue weighted by atomic mass is 9.68. The van der Waals surface area contributed by atoms with Gasteiger partial charge in [0.25, 0.3) is 0 Å². The molecule has 1 nitrogen and oxygen atoms in total. The fourth-order valence-electron chi connectivity index (χ4n) is 6.50. The lowest BCUT2D eigenvalue weighted by molar-refractivity contribution is -0.276. The molecule has 7 heteroatoms. The highest BCUT2D eigenvalue weighted by molar-refractivity contribution is 5.66. The van der Waals surface area contributed by atoms with E-state index < -0.39 is 29.6 Å². The van der Waals surface area contributed by atoms with Gasteiger partial charge in [0.15, 0.2) is 11.6 Å². The maximum atomic E-state index is 15.0. The first-order chi connectivity index (χ1) is 17.6. The van der Waals surface area contributed by atoms with Crippen LogP contribution in [0.5, 0.6) is 5.75 Å². The lowest BCUT2D eigenvalue weighted by Crippen LogP contribution is -2.25. The number of benzene rings is 2. The van der Waals surface area contributed by atoms with Crippen LogP contribution in [0.3, 0.4) is 0 Å². The summed E-state index contributed by atoms with van der Waals surface area (Å²) in [4.78, 5) is 0. The van der Waals surface area contributed by atoms with Crippen molar-refractivity contribution >= 4 is 0 Å². The minimum Gasteiger partial charge on any atom is -0.399 e. The first-order valence-corrected chi connectivity index (χ1v) is 13.7. The minimum atomic E-state index is -5.23. The third-order valence-corrected chi connectivity index (χ3v) is 8.54.